The number of amides is 1. The number of rotatable bonds is 7. The fourth-order valence-corrected chi connectivity index (χ4v) is 9.58. The molecular weight excluding hydrogens is 410 g/mol. The smallest absolute Gasteiger partial charge is 0.222 e. The van der Waals surface area contributed by atoms with Crippen molar-refractivity contribution in [2.24, 2.45) is 46.3 Å². The molecule has 4 aliphatic rings. The summed E-state index contributed by atoms with van der Waals surface area (Å²) in [4.78, 5) is 14.7. The number of hydrogen-bond acceptors (Lipinski definition) is 3. The van der Waals surface area contributed by atoms with Gasteiger partial charge in [-0.3, -0.25) is 4.79 Å². The molecule has 33 heavy (non-hydrogen) atoms. The van der Waals surface area contributed by atoms with Crippen LogP contribution >= 0.6 is 0 Å². The first-order chi connectivity index (χ1) is 15.5. The third-order valence-electron chi connectivity index (χ3n) is 11.5. The van der Waals surface area contributed by atoms with Gasteiger partial charge in [0.1, 0.15) is 0 Å². The maximum atomic E-state index is 12.7. The molecule has 0 bridgehead atoms. The molecule has 4 nitrogen and oxygen atoms in total. The molecule has 8 atom stereocenters. The van der Waals surface area contributed by atoms with Gasteiger partial charge in [0.2, 0.25) is 5.91 Å². The number of carbonyl (C=O) groups is 1. The summed E-state index contributed by atoms with van der Waals surface area (Å²) in [5, 5.41) is 0. The second-order valence-electron chi connectivity index (χ2n) is 13.2. The van der Waals surface area contributed by atoms with Crippen molar-refractivity contribution in [2.45, 2.75) is 111 Å². The molecule has 4 heteroatoms. The van der Waals surface area contributed by atoms with Gasteiger partial charge in [-0.1, -0.05) is 53.9 Å². The standard InChI is InChI=1S/C29H51NO3/c1-19(2)10-9-11-20(3)21-12-13-22-26-23(14-16-27(21,22)4)28(5)17-15-25(31)30(6)24(28)18-29(26,32-7)33-8/h19-24,26H,9-18H2,1-8H3/t20-,21-,22+,23+,24-,26+,27-,28-/m1/s1. The SMILES string of the molecule is COC1(OC)C[C@H]2N(C)C(=O)CC[C@]2(C)[C@H]2CC[C@]3(C)[C@@H]([C@H](C)CCCC(C)C)CC[C@H]3[C@@H]21. The maximum absolute atomic E-state index is 12.7. The molecule has 0 aromatic carbocycles. The van der Waals surface area contributed by atoms with Gasteiger partial charge in [-0.25, -0.2) is 0 Å². The van der Waals surface area contributed by atoms with E-state index < -0.39 is 5.79 Å². The van der Waals surface area contributed by atoms with Crippen molar-refractivity contribution in [1.82, 2.24) is 4.90 Å². The van der Waals surface area contributed by atoms with Gasteiger partial charge in [-0.15, -0.1) is 0 Å². The summed E-state index contributed by atoms with van der Waals surface area (Å²) in [6, 6.07) is 0.205. The van der Waals surface area contributed by atoms with Crippen LogP contribution in [0.2, 0.25) is 0 Å². The average molecular weight is 462 g/mol. The zero-order chi connectivity index (χ0) is 24.2. The Morgan fingerprint density at radius 1 is 0.970 bits per heavy atom. The molecule has 1 amide bonds. The molecule has 4 fully saturated rings. The van der Waals surface area contributed by atoms with Crippen molar-refractivity contribution in [3.8, 4) is 0 Å². The van der Waals surface area contributed by atoms with E-state index in [1.165, 1.54) is 44.9 Å². The molecule has 0 aromatic heterocycles. The maximum Gasteiger partial charge on any atom is 0.222 e. The number of nitrogens with zero attached hydrogens (tertiary/aromatic N) is 1. The molecule has 3 aliphatic carbocycles. The Morgan fingerprint density at radius 3 is 2.27 bits per heavy atom. The lowest BCUT2D eigenvalue weighted by Gasteiger charge is -2.66. The molecule has 0 unspecified atom stereocenters. The van der Waals surface area contributed by atoms with Crippen LogP contribution in [0.5, 0.6) is 0 Å². The minimum atomic E-state index is -0.581. The van der Waals surface area contributed by atoms with Crippen LogP contribution in [0, 0.1) is 46.3 Å². The van der Waals surface area contributed by atoms with Crippen molar-refractivity contribution in [2.75, 3.05) is 21.3 Å². The van der Waals surface area contributed by atoms with E-state index in [0.29, 0.717) is 29.6 Å². The van der Waals surface area contributed by atoms with Crippen molar-refractivity contribution >= 4 is 5.91 Å². The van der Waals surface area contributed by atoms with Crippen LogP contribution in [0.25, 0.3) is 0 Å². The summed E-state index contributed by atoms with van der Waals surface area (Å²) in [6.45, 7) is 12.3. The summed E-state index contributed by atoms with van der Waals surface area (Å²) in [5.41, 5.74) is 0.538. The quantitative estimate of drug-likeness (QED) is 0.405. The van der Waals surface area contributed by atoms with Crippen LogP contribution in [-0.4, -0.2) is 43.9 Å². The normalized spacial score (nSPS) is 43.2. The summed E-state index contributed by atoms with van der Waals surface area (Å²) < 4.78 is 12.7. The van der Waals surface area contributed by atoms with Crippen LogP contribution in [0.3, 0.4) is 0 Å². The van der Waals surface area contributed by atoms with Crippen LogP contribution in [0.1, 0.15) is 98.8 Å². The molecule has 3 saturated carbocycles. The topological polar surface area (TPSA) is 38.8 Å². The van der Waals surface area contributed by atoms with Gasteiger partial charge < -0.3 is 14.4 Å². The van der Waals surface area contributed by atoms with Gasteiger partial charge in [0.25, 0.3) is 0 Å². The van der Waals surface area contributed by atoms with Gasteiger partial charge in [0.05, 0.1) is 0 Å². The highest BCUT2D eigenvalue weighted by atomic mass is 16.7. The number of methoxy groups -OCH3 is 2. The Balaban J connectivity index is 1.64. The Kier molecular flexibility index (Phi) is 7.04. The molecule has 0 radical (unpaired) electrons. The monoisotopic (exact) mass is 461 g/mol. The van der Waals surface area contributed by atoms with Crippen LogP contribution in [0.4, 0.5) is 0 Å². The summed E-state index contributed by atoms with van der Waals surface area (Å²) >= 11 is 0. The summed E-state index contributed by atoms with van der Waals surface area (Å²) in [7, 11) is 5.71. The van der Waals surface area contributed by atoms with Crippen molar-refractivity contribution in [3.63, 3.8) is 0 Å². The Hall–Kier alpha value is -0.610. The van der Waals surface area contributed by atoms with E-state index in [2.05, 4.69) is 34.6 Å². The zero-order valence-corrected chi connectivity index (χ0v) is 22.8. The first-order valence-corrected chi connectivity index (χ1v) is 13.9. The molecule has 190 valence electrons. The van der Waals surface area contributed by atoms with E-state index in [1.807, 2.05) is 26.2 Å². The fourth-order valence-electron chi connectivity index (χ4n) is 9.58. The van der Waals surface area contributed by atoms with E-state index in [1.54, 1.807) is 0 Å². The number of piperidine rings is 1. The molecule has 1 aliphatic heterocycles. The second kappa shape index (κ2) is 9.12. The molecule has 1 heterocycles. The van der Waals surface area contributed by atoms with Crippen LogP contribution in [-0.2, 0) is 14.3 Å². The molecular formula is C29H51NO3. The molecule has 1 saturated heterocycles. The number of hydrogen-bond donors (Lipinski definition) is 0. The van der Waals surface area contributed by atoms with E-state index in [0.717, 1.165) is 30.6 Å². The van der Waals surface area contributed by atoms with Gasteiger partial charge in [0.15, 0.2) is 5.79 Å². The number of ether oxygens (including phenoxy) is 2. The molecule has 0 aromatic rings. The predicted molar refractivity (Wildman–Crippen MR) is 134 cm³/mol. The molecule has 0 N–H and O–H groups in total. The van der Waals surface area contributed by atoms with E-state index in [4.69, 9.17) is 9.47 Å². The lowest BCUT2D eigenvalue weighted by atomic mass is 9.44. The third kappa shape index (κ3) is 3.90. The predicted octanol–water partition coefficient (Wildman–Crippen LogP) is 6.53. The van der Waals surface area contributed by atoms with Crippen molar-refractivity contribution in [3.05, 3.63) is 0 Å². The molecule has 0 spiro atoms. The van der Waals surface area contributed by atoms with E-state index in [-0.39, 0.29) is 17.4 Å². The number of carbonyl (C=O) groups excluding carboxylic acids is 1. The summed E-state index contributed by atoms with van der Waals surface area (Å²) in [6.07, 6.45) is 11.8. The largest absolute Gasteiger partial charge is 0.353 e. The number of fused-ring (bicyclic) bond motifs is 5. The highest BCUT2D eigenvalue weighted by Gasteiger charge is 2.68. The van der Waals surface area contributed by atoms with Crippen LogP contribution in [0.15, 0.2) is 0 Å². The minimum absolute atomic E-state index is 0.163. The van der Waals surface area contributed by atoms with Crippen molar-refractivity contribution < 1.29 is 14.3 Å². The Labute approximate surface area is 203 Å². The van der Waals surface area contributed by atoms with Gasteiger partial charge in [-0.2, -0.15) is 0 Å². The average Bonchev–Trinajstić information content (AvgIpc) is 3.13. The fraction of sp³-hybridized carbons (Fsp3) is 0.966. The van der Waals surface area contributed by atoms with Gasteiger partial charge in [0, 0.05) is 46.1 Å². The van der Waals surface area contributed by atoms with E-state index in [9.17, 15) is 4.79 Å². The Bertz CT molecular complexity index is 718. The molecule has 4 rings (SSSR count). The lowest BCUT2D eigenvalue weighted by molar-refractivity contribution is -0.322. The lowest BCUT2D eigenvalue weighted by Crippen LogP contribution is -2.69. The van der Waals surface area contributed by atoms with Crippen LogP contribution < -0.4 is 0 Å². The first-order valence-electron chi connectivity index (χ1n) is 13.9. The zero-order valence-electron chi connectivity index (χ0n) is 22.8. The Morgan fingerprint density at radius 2 is 1.64 bits per heavy atom. The summed E-state index contributed by atoms with van der Waals surface area (Å²) in [5.74, 6) is 3.73. The highest BCUT2D eigenvalue weighted by molar-refractivity contribution is 5.77. The first kappa shape index (κ1) is 25.5. The van der Waals surface area contributed by atoms with Crippen molar-refractivity contribution in [1.29, 1.82) is 0 Å². The van der Waals surface area contributed by atoms with Gasteiger partial charge >= 0.3 is 0 Å². The second-order valence-corrected chi connectivity index (χ2v) is 13.2. The van der Waals surface area contributed by atoms with E-state index >= 15 is 0 Å². The highest BCUT2D eigenvalue weighted by Crippen LogP contribution is 2.69. The number of likely N-dealkylation sites (tertiary alicyclic amines) is 1. The van der Waals surface area contributed by atoms with Gasteiger partial charge in [-0.05, 0) is 72.5 Å². The third-order valence-corrected chi connectivity index (χ3v) is 11.5. The minimum Gasteiger partial charge on any atom is -0.353 e.